The molecule has 3 amide bonds. The predicted molar refractivity (Wildman–Crippen MR) is 133 cm³/mol. The van der Waals surface area contributed by atoms with Gasteiger partial charge >= 0.3 is 5.97 Å². The van der Waals surface area contributed by atoms with Crippen molar-refractivity contribution in [2.75, 3.05) is 18.6 Å². The molecule has 0 bridgehead atoms. The van der Waals surface area contributed by atoms with Crippen LogP contribution in [0, 0.1) is 5.92 Å². The second-order valence-electron chi connectivity index (χ2n) is 8.27. The molecule has 0 aliphatic heterocycles. The van der Waals surface area contributed by atoms with E-state index in [4.69, 9.17) is 10.8 Å². The lowest BCUT2D eigenvalue weighted by Gasteiger charge is -2.28. The molecule has 12 heteroatoms. The summed E-state index contributed by atoms with van der Waals surface area (Å²) >= 11 is 1.55. The Morgan fingerprint density at radius 2 is 1.60 bits per heavy atom. The number of hydrogen-bond donors (Lipinski definition) is 7. The van der Waals surface area contributed by atoms with Gasteiger partial charge in [-0.25, -0.2) is 4.79 Å². The zero-order valence-corrected chi connectivity index (χ0v) is 21.0. The zero-order chi connectivity index (χ0) is 26.5. The Hall–Kier alpha value is -2.83. The number of carboxylic acids is 1. The number of amides is 3. The molecule has 0 radical (unpaired) electrons. The topological polar surface area (TPSA) is 191 Å². The fraction of sp³-hybridized carbons (Fsp3) is 0.565. The van der Waals surface area contributed by atoms with Crippen LogP contribution in [0.3, 0.4) is 0 Å². The number of aromatic hydroxyl groups is 1. The number of benzene rings is 1. The lowest BCUT2D eigenvalue weighted by atomic mass is 9.96. The van der Waals surface area contributed by atoms with Crippen LogP contribution in [0.25, 0.3) is 0 Å². The third-order valence-electron chi connectivity index (χ3n) is 5.57. The number of carbonyl (C=O) groups is 4. The van der Waals surface area contributed by atoms with E-state index in [-0.39, 0.29) is 18.1 Å². The van der Waals surface area contributed by atoms with Gasteiger partial charge in [0, 0.05) is 6.42 Å². The number of thioether (sulfide) groups is 1. The van der Waals surface area contributed by atoms with Gasteiger partial charge in [0.15, 0.2) is 0 Å². The van der Waals surface area contributed by atoms with Gasteiger partial charge in [-0.05, 0) is 42.0 Å². The van der Waals surface area contributed by atoms with Gasteiger partial charge in [0.2, 0.25) is 17.7 Å². The zero-order valence-electron chi connectivity index (χ0n) is 20.2. The van der Waals surface area contributed by atoms with Crippen LogP contribution in [-0.2, 0) is 25.6 Å². The molecule has 1 aromatic rings. The first-order chi connectivity index (χ1) is 16.5. The predicted octanol–water partition coefficient (Wildman–Crippen LogP) is -0.407. The lowest BCUT2D eigenvalue weighted by molar-refractivity contribution is -0.143. The molecule has 0 saturated heterocycles. The average molecular weight is 513 g/mol. The van der Waals surface area contributed by atoms with Crippen LogP contribution in [0.15, 0.2) is 24.3 Å². The molecule has 0 fully saturated rings. The summed E-state index contributed by atoms with van der Waals surface area (Å²) in [6.07, 6.45) is 2.86. The van der Waals surface area contributed by atoms with E-state index in [0.29, 0.717) is 24.2 Å². The van der Waals surface area contributed by atoms with Crippen LogP contribution in [0.4, 0.5) is 0 Å². The minimum atomic E-state index is -1.55. The summed E-state index contributed by atoms with van der Waals surface area (Å²) in [5.74, 6) is -2.95. The standard InChI is InChI=1S/C23H36N4O7S/c1-4-13(2)19(27-20(30)16(24)9-10-35-3)22(32)25-17(11-14-5-7-15(29)8-6-14)21(31)26-18(12-28)23(33)34/h5-8,13,16-19,28-29H,4,9-12,24H2,1-3H3,(H,25,32)(H,26,31)(H,27,30)(H,33,34). The number of nitrogens with two attached hydrogens (primary N) is 1. The van der Waals surface area contributed by atoms with Gasteiger partial charge in [-0.3, -0.25) is 14.4 Å². The number of hydrogen-bond acceptors (Lipinski definition) is 8. The largest absolute Gasteiger partial charge is 0.508 e. The molecule has 11 nitrogen and oxygen atoms in total. The van der Waals surface area contributed by atoms with Crippen molar-refractivity contribution in [3.63, 3.8) is 0 Å². The number of aliphatic hydroxyl groups excluding tert-OH is 1. The van der Waals surface area contributed by atoms with Crippen molar-refractivity contribution in [3.8, 4) is 5.75 Å². The van der Waals surface area contributed by atoms with Crippen LogP contribution in [0.5, 0.6) is 5.75 Å². The number of phenolic OH excluding ortho intramolecular Hbond substituents is 1. The van der Waals surface area contributed by atoms with Gasteiger partial charge in [0.05, 0.1) is 12.6 Å². The van der Waals surface area contributed by atoms with E-state index < -0.39 is 54.5 Å². The number of carbonyl (C=O) groups excluding carboxylic acids is 3. The summed E-state index contributed by atoms with van der Waals surface area (Å²) in [5.41, 5.74) is 6.52. The summed E-state index contributed by atoms with van der Waals surface area (Å²) in [5, 5.41) is 35.4. The Balaban J connectivity index is 3.11. The maximum atomic E-state index is 13.2. The Labute approximate surface area is 209 Å². The van der Waals surface area contributed by atoms with Gasteiger partial charge in [-0.15, -0.1) is 0 Å². The van der Waals surface area contributed by atoms with Gasteiger partial charge in [0.1, 0.15) is 23.9 Å². The molecule has 5 unspecified atom stereocenters. The van der Waals surface area contributed by atoms with Gasteiger partial charge in [-0.1, -0.05) is 32.4 Å². The van der Waals surface area contributed by atoms with Crippen molar-refractivity contribution < 1.29 is 34.5 Å². The number of aliphatic carboxylic acids is 1. The first kappa shape index (κ1) is 30.2. The highest BCUT2D eigenvalue weighted by molar-refractivity contribution is 7.98. The van der Waals surface area contributed by atoms with Crippen molar-refractivity contribution in [2.24, 2.45) is 11.7 Å². The Morgan fingerprint density at radius 1 is 1.00 bits per heavy atom. The van der Waals surface area contributed by atoms with E-state index in [1.54, 1.807) is 30.8 Å². The molecule has 35 heavy (non-hydrogen) atoms. The van der Waals surface area contributed by atoms with E-state index in [0.717, 1.165) is 0 Å². The minimum absolute atomic E-state index is 0.0161. The van der Waals surface area contributed by atoms with E-state index in [9.17, 15) is 29.4 Å². The van der Waals surface area contributed by atoms with Crippen LogP contribution >= 0.6 is 11.8 Å². The fourth-order valence-electron chi connectivity index (χ4n) is 3.13. The van der Waals surface area contributed by atoms with Crippen molar-refractivity contribution in [1.29, 1.82) is 0 Å². The maximum Gasteiger partial charge on any atom is 0.328 e. The van der Waals surface area contributed by atoms with E-state index >= 15 is 0 Å². The molecule has 1 rings (SSSR count). The SMILES string of the molecule is CCC(C)C(NC(=O)C(N)CCSC)C(=O)NC(Cc1ccc(O)cc1)C(=O)NC(CO)C(=O)O. The first-order valence-corrected chi connectivity index (χ1v) is 12.7. The molecule has 1 aromatic carbocycles. The van der Waals surface area contributed by atoms with E-state index in [1.165, 1.54) is 12.1 Å². The van der Waals surface area contributed by atoms with Crippen LogP contribution in [0.2, 0.25) is 0 Å². The lowest BCUT2D eigenvalue weighted by Crippen LogP contribution is -2.59. The monoisotopic (exact) mass is 512 g/mol. The number of nitrogens with one attached hydrogen (secondary N) is 3. The summed E-state index contributed by atoms with van der Waals surface area (Å²) in [7, 11) is 0. The summed E-state index contributed by atoms with van der Waals surface area (Å²) in [6.45, 7) is 2.80. The molecule has 8 N–H and O–H groups in total. The highest BCUT2D eigenvalue weighted by Gasteiger charge is 2.32. The van der Waals surface area contributed by atoms with Crippen LogP contribution in [0.1, 0.15) is 32.3 Å². The second kappa shape index (κ2) is 15.2. The van der Waals surface area contributed by atoms with Crippen molar-refractivity contribution in [3.05, 3.63) is 29.8 Å². The second-order valence-corrected chi connectivity index (χ2v) is 9.26. The molecule has 0 aliphatic carbocycles. The summed E-state index contributed by atoms with van der Waals surface area (Å²) < 4.78 is 0. The van der Waals surface area contributed by atoms with E-state index in [1.807, 2.05) is 13.2 Å². The van der Waals surface area contributed by atoms with Crippen LogP contribution in [-0.4, -0.2) is 81.8 Å². The van der Waals surface area contributed by atoms with Gasteiger partial charge < -0.3 is 37.0 Å². The third-order valence-corrected chi connectivity index (χ3v) is 6.21. The number of phenols is 1. The molecule has 0 aliphatic rings. The molecule has 0 saturated carbocycles. The average Bonchev–Trinajstić information content (AvgIpc) is 2.83. The first-order valence-electron chi connectivity index (χ1n) is 11.3. The quantitative estimate of drug-likeness (QED) is 0.164. The number of rotatable bonds is 15. The van der Waals surface area contributed by atoms with Crippen molar-refractivity contribution >= 4 is 35.5 Å². The highest BCUT2D eigenvalue weighted by atomic mass is 32.2. The highest BCUT2D eigenvalue weighted by Crippen LogP contribution is 2.13. The number of carboxylic acid groups (broad SMARTS) is 1. The van der Waals surface area contributed by atoms with Gasteiger partial charge in [0.25, 0.3) is 0 Å². The molecule has 0 aromatic heterocycles. The van der Waals surface area contributed by atoms with Crippen molar-refractivity contribution in [1.82, 2.24) is 16.0 Å². The fourth-order valence-corrected chi connectivity index (χ4v) is 3.62. The van der Waals surface area contributed by atoms with Crippen LogP contribution < -0.4 is 21.7 Å². The normalized spacial score (nSPS) is 15.2. The molecule has 5 atom stereocenters. The maximum absolute atomic E-state index is 13.2. The minimum Gasteiger partial charge on any atom is -0.508 e. The smallest absolute Gasteiger partial charge is 0.328 e. The molecule has 0 heterocycles. The molecule has 196 valence electrons. The van der Waals surface area contributed by atoms with Gasteiger partial charge in [-0.2, -0.15) is 11.8 Å². The third kappa shape index (κ3) is 10.1. The molecular weight excluding hydrogens is 476 g/mol. The van der Waals surface area contributed by atoms with E-state index in [2.05, 4.69) is 16.0 Å². The molecular formula is C23H36N4O7S. The Bertz CT molecular complexity index is 853. The summed E-state index contributed by atoms with van der Waals surface area (Å²) in [6, 6.07) is 1.41. The Morgan fingerprint density at radius 3 is 2.11 bits per heavy atom. The Kier molecular flexibility index (Phi) is 13.1. The summed E-state index contributed by atoms with van der Waals surface area (Å²) in [4.78, 5) is 49.9. The van der Waals surface area contributed by atoms with Crippen molar-refractivity contribution in [2.45, 2.75) is 57.3 Å². The number of aliphatic hydroxyl groups is 1. The molecule has 0 spiro atoms.